The summed E-state index contributed by atoms with van der Waals surface area (Å²) in [6.45, 7) is 8.01. The quantitative estimate of drug-likeness (QED) is 0.537. The first-order chi connectivity index (χ1) is 10.8. The highest BCUT2D eigenvalue weighted by molar-refractivity contribution is 9.10. The predicted octanol–water partition coefficient (Wildman–Crippen LogP) is 6.37. The van der Waals surface area contributed by atoms with E-state index in [9.17, 15) is 0 Å². The van der Waals surface area contributed by atoms with Gasteiger partial charge in [-0.15, -0.1) is 0 Å². The summed E-state index contributed by atoms with van der Waals surface area (Å²) >= 11 is 15.8. The van der Waals surface area contributed by atoms with Gasteiger partial charge in [-0.2, -0.15) is 0 Å². The first-order valence-corrected chi connectivity index (χ1v) is 8.96. The summed E-state index contributed by atoms with van der Waals surface area (Å²) in [6.07, 6.45) is 0. The molecule has 0 aliphatic carbocycles. The van der Waals surface area contributed by atoms with Gasteiger partial charge < -0.3 is 4.74 Å². The number of hydrogen-bond acceptors (Lipinski definition) is 2. The zero-order chi connectivity index (χ0) is 16.8. The lowest BCUT2D eigenvalue weighted by Gasteiger charge is -2.39. The number of fused-ring (bicyclic) bond motifs is 1. The van der Waals surface area contributed by atoms with Crippen LogP contribution in [0.3, 0.4) is 0 Å². The fourth-order valence-electron chi connectivity index (χ4n) is 2.64. The molecule has 0 bridgehead atoms. The van der Waals surface area contributed by atoms with Gasteiger partial charge in [-0.25, -0.2) is 0 Å². The highest BCUT2D eigenvalue weighted by Crippen LogP contribution is 2.41. The maximum Gasteiger partial charge on any atom is 0.142 e. The van der Waals surface area contributed by atoms with Gasteiger partial charge in [-0.05, 0) is 50.6 Å². The Kier molecular flexibility index (Phi) is 4.67. The Morgan fingerprint density at radius 1 is 1.09 bits per heavy atom. The summed E-state index contributed by atoms with van der Waals surface area (Å²) in [5.74, 6) is 0.923. The summed E-state index contributed by atoms with van der Waals surface area (Å²) in [4.78, 5) is 2.31. The molecule has 23 heavy (non-hydrogen) atoms. The molecule has 0 amide bonds. The van der Waals surface area contributed by atoms with E-state index in [1.807, 2.05) is 18.2 Å². The summed E-state index contributed by atoms with van der Waals surface area (Å²) in [5.41, 5.74) is 3.26. The molecule has 2 aromatic carbocycles. The smallest absolute Gasteiger partial charge is 0.142 e. The summed E-state index contributed by atoms with van der Waals surface area (Å²) < 4.78 is 7.13. The van der Waals surface area contributed by atoms with Gasteiger partial charge in [0.25, 0.3) is 0 Å². The van der Waals surface area contributed by atoms with Crippen molar-refractivity contribution in [1.82, 2.24) is 4.90 Å². The number of nitrogens with zero attached hydrogens (tertiary/aromatic N) is 1. The van der Waals surface area contributed by atoms with Gasteiger partial charge in [0, 0.05) is 27.7 Å². The molecule has 1 aliphatic heterocycles. The summed E-state index contributed by atoms with van der Waals surface area (Å²) in [6, 6.07) is 9.84. The molecule has 0 atom stereocenters. The van der Waals surface area contributed by atoms with E-state index in [1.54, 1.807) is 0 Å². The van der Waals surface area contributed by atoms with Crippen molar-refractivity contribution in [3.05, 3.63) is 50.4 Å². The van der Waals surface area contributed by atoms with Gasteiger partial charge in [-0.3, -0.25) is 4.90 Å². The average molecular weight is 415 g/mol. The van der Waals surface area contributed by atoms with Crippen LogP contribution in [0.25, 0.3) is 11.1 Å². The third-order valence-corrected chi connectivity index (χ3v) is 5.23. The van der Waals surface area contributed by atoms with E-state index in [4.69, 9.17) is 27.9 Å². The zero-order valence-corrected chi connectivity index (χ0v) is 16.4. The molecule has 0 saturated carbocycles. The number of hydrogen-bond donors (Lipinski definition) is 0. The van der Waals surface area contributed by atoms with E-state index in [0.29, 0.717) is 16.8 Å². The molecule has 0 saturated heterocycles. The van der Waals surface area contributed by atoms with E-state index in [0.717, 1.165) is 27.9 Å². The van der Waals surface area contributed by atoms with E-state index in [1.165, 1.54) is 5.56 Å². The molecular formula is C18H18BrCl2NO. The Morgan fingerprint density at radius 3 is 2.48 bits per heavy atom. The number of benzene rings is 2. The van der Waals surface area contributed by atoms with Gasteiger partial charge >= 0.3 is 0 Å². The van der Waals surface area contributed by atoms with Crippen LogP contribution in [-0.4, -0.2) is 17.2 Å². The molecule has 1 heterocycles. The summed E-state index contributed by atoms with van der Waals surface area (Å²) in [5, 5.41) is 1.10. The molecule has 0 unspecified atom stereocenters. The van der Waals surface area contributed by atoms with Crippen LogP contribution in [0.5, 0.6) is 5.75 Å². The van der Waals surface area contributed by atoms with E-state index in [2.05, 4.69) is 53.7 Å². The fraction of sp³-hybridized carbons (Fsp3) is 0.333. The lowest BCUT2D eigenvalue weighted by molar-refractivity contribution is 0.0222. The lowest BCUT2D eigenvalue weighted by atomic mass is 9.98. The highest BCUT2D eigenvalue weighted by Gasteiger charge is 2.28. The Bertz CT molecular complexity index is 755. The largest absolute Gasteiger partial charge is 0.477 e. The molecular weight excluding hydrogens is 397 g/mol. The van der Waals surface area contributed by atoms with Crippen molar-refractivity contribution in [2.45, 2.75) is 32.9 Å². The van der Waals surface area contributed by atoms with Crippen molar-refractivity contribution in [3.63, 3.8) is 0 Å². The van der Waals surface area contributed by atoms with E-state index in [-0.39, 0.29) is 5.54 Å². The highest BCUT2D eigenvalue weighted by atomic mass is 79.9. The van der Waals surface area contributed by atoms with Gasteiger partial charge in [0.05, 0.1) is 10.0 Å². The van der Waals surface area contributed by atoms with Gasteiger partial charge in [0.2, 0.25) is 0 Å². The maximum absolute atomic E-state index is 6.18. The number of ether oxygens (including phenoxy) is 1. The molecule has 5 heteroatoms. The van der Waals surface area contributed by atoms with Crippen molar-refractivity contribution in [1.29, 1.82) is 0 Å². The van der Waals surface area contributed by atoms with Crippen LogP contribution in [0.4, 0.5) is 0 Å². The van der Waals surface area contributed by atoms with E-state index >= 15 is 0 Å². The van der Waals surface area contributed by atoms with Gasteiger partial charge in [0.15, 0.2) is 0 Å². The lowest BCUT2D eigenvalue weighted by Crippen LogP contribution is -2.45. The predicted molar refractivity (Wildman–Crippen MR) is 100 cm³/mol. The Balaban J connectivity index is 2.07. The first-order valence-electron chi connectivity index (χ1n) is 7.41. The molecule has 0 radical (unpaired) electrons. The second kappa shape index (κ2) is 6.29. The topological polar surface area (TPSA) is 12.5 Å². The maximum atomic E-state index is 6.18. The third-order valence-electron chi connectivity index (χ3n) is 4.04. The van der Waals surface area contributed by atoms with E-state index < -0.39 is 0 Å². The standard InChI is InChI=1S/C18H18BrCl2NO/c1-18(2,3)22-9-12-6-13(19)8-14(17(12)23-10-22)11-4-5-15(20)16(21)7-11/h4-8H,9-10H2,1-3H3. The van der Waals surface area contributed by atoms with Crippen LogP contribution in [-0.2, 0) is 6.54 Å². The molecule has 2 nitrogen and oxygen atoms in total. The molecule has 0 fully saturated rings. The van der Waals surface area contributed by atoms with Crippen LogP contribution in [0.1, 0.15) is 26.3 Å². The Hall–Kier alpha value is -0.740. The fourth-order valence-corrected chi connectivity index (χ4v) is 3.44. The molecule has 0 spiro atoms. The van der Waals surface area contributed by atoms with Gasteiger partial charge in [0.1, 0.15) is 12.5 Å². The zero-order valence-electron chi connectivity index (χ0n) is 13.3. The second-order valence-electron chi connectivity index (χ2n) is 6.71. The molecule has 3 rings (SSSR count). The molecule has 0 aromatic heterocycles. The number of rotatable bonds is 1. The van der Waals surface area contributed by atoms with Crippen LogP contribution < -0.4 is 4.74 Å². The van der Waals surface area contributed by atoms with Crippen molar-refractivity contribution in [3.8, 4) is 16.9 Å². The van der Waals surface area contributed by atoms with Crippen molar-refractivity contribution < 1.29 is 4.74 Å². The Labute approximate surface area is 155 Å². The minimum atomic E-state index is 0.0593. The van der Waals surface area contributed by atoms with Crippen LogP contribution in [0.15, 0.2) is 34.8 Å². The minimum absolute atomic E-state index is 0.0593. The van der Waals surface area contributed by atoms with Gasteiger partial charge in [-0.1, -0.05) is 45.2 Å². The van der Waals surface area contributed by atoms with Crippen LogP contribution in [0, 0.1) is 0 Å². The minimum Gasteiger partial charge on any atom is -0.477 e. The Morgan fingerprint density at radius 2 is 1.83 bits per heavy atom. The molecule has 122 valence electrons. The first kappa shape index (κ1) is 17.1. The SMILES string of the molecule is CC(C)(C)N1COc2c(cc(Br)cc2-c2ccc(Cl)c(Cl)c2)C1. The molecule has 0 N–H and O–H groups in total. The normalized spacial score (nSPS) is 15.2. The van der Waals surface area contributed by atoms with Crippen LogP contribution in [0.2, 0.25) is 10.0 Å². The van der Waals surface area contributed by atoms with Crippen LogP contribution >= 0.6 is 39.1 Å². The van der Waals surface area contributed by atoms with Crippen molar-refractivity contribution in [2.24, 2.45) is 0 Å². The van der Waals surface area contributed by atoms with Crippen molar-refractivity contribution >= 4 is 39.1 Å². The summed E-state index contributed by atoms with van der Waals surface area (Å²) in [7, 11) is 0. The monoisotopic (exact) mass is 413 g/mol. The van der Waals surface area contributed by atoms with Crippen molar-refractivity contribution in [2.75, 3.05) is 6.73 Å². The molecule has 1 aliphatic rings. The average Bonchev–Trinajstić information content (AvgIpc) is 2.47. The second-order valence-corrected chi connectivity index (χ2v) is 8.44. The molecule has 2 aromatic rings. The third kappa shape index (κ3) is 3.53. The number of halogens is 3.